The van der Waals surface area contributed by atoms with E-state index < -0.39 is 0 Å². The SMILES string of the molecule is CC.CC(=O)N1C[C@@H]2C[C@H]1CO2. The summed E-state index contributed by atoms with van der Waals surface area (Å²) in [5, 5.41) is 0. The average Bonchev–Trinajstić information content (AvgIpc) is 2.67. The molecule has 2 atom stereocenters. The van der Waals surface area contributed by atoms with Gasteiger partial charge in [0.15, 0.2) is 0 Å². The lowest BCUT2D eigenvalue weighted by molar-refractivity contribution is -0.133. The summed E-state index contributed by atoms with van der Waals surface area (Å²) in [7, 11) is 0. The zero-order valence-electron chi connectivity index (χ0n) is 8.04. The van der Waals surface area contributed by atoms with Crippen LogP contribution in [0.5, 0.6) is 0 Å². The standard InChI is InChI=1S/C7H11NO2.C2H6/c1-5(9)8-3-7-2-6(8)4-10-7;1-2/h6-7H,2-4H2,1H3;1-2H3/t6-,7-;/m0./s1. The van der Waals surface area contributed by atoms with Gasteiger partial charge in [-0.25, -0.2) is 0 Å². The van der Waals surface area contributed by atoms with E-state index in [2.05, 4.69) is 0 Å². The second kappa shape index (κ2) is 3.90. The van der Waals surface area contributed by atoms with Crippen LogP contribution in [0, 0.1) is 0 Å². The van der Waals surface area contributed by atoms with Gasteiger partial charge in [0.1, 0.15) is 0 Å². The van der Waals surface area contributed by atoms with Gasteiger partial charge in [0.25, 0.3) is 0 Å². The predicted octanol–water partition coefficient (Wildman–Crippen LogP) is 1.03. The molecule has 2 aliphatic rings. The number of hydrogen-bond acceptors (Lipinski definition) is 2. The molecule has 70 valence electrons. The van der Waals surface area contributed by atoms with Crippen LogP contribution in [0.2, 0.25) is 0 Å². The van der Waals surface area contributed by atoms with E-state index >= 15 is 0 Å². The monoisotopic (exact) mass is 171 g/mol. The lowest BCUT2D eigenvalue weighted by Crippen LogP contribution is -2.39. The molecule has 0 aromatic rings. The van der Waals surface area contributed by atoms with Gasteiger partial charge in [-0.05, 0) is 6.42 Å². The normalized spacial score (nSPS) is 31.4. The van der Waals surface area contributed by atoms with Gasteiger partial charge in [-0.15, -0.1) is 0 Å². The number of rotatable bonds is 0. The van der Waals surface area contributed by atoms with Gasteiger partial charge in [-0.1, -0.05) is 13.8 Å². The molecule has 0 radical (unpaired) electrons. The third-order valence-electron chi connectivity index (χ3n) is 2.30. The minimum absolute atomic E-state index is 0.191. The number of nitrogens with zero attached hydrogens (tertiary/aromatic N) is 1. The fraction of sp³-hybridized carbons (Fsp3) is 0.889. The Hall–Kier alpha value is -0.570. The first-order valence-electron chi connectivity index (χ1n) is 4.66. The number of ether oxygens (including phenoxy) is 1. The highest BCUT2D eigenvalue weighted by Crippen LogP contribution is 2.27. The number of likely N-dealkylation sites (tertiary alicyclic amines) is 1. The van der Waals surface area contributed by atoms with Crippen molar-refractivity contribution in [2.45, 2.75) is 39.3 Å². The molecular formula is C9H17NO2. The Bertz CT molecular complexity index is 170. The summed E-state index contributed by atoms with van der Waals surface area (Å²) in [5.74, 6) is 0.191. The van der Waals surface area contributed by atoms with Crippen molar-refractivity contribution in [3.8, 4) is 0 Å². The van der Waals surface area contributed by atoms with E-state index in [0.29, 0.717) is 12.1 Å². The fourth-order valence-corrected chi connectivity index (χ4v) is 1.79. The molecule has 2 saturated heterocycles. The molecule has 0 aliphatic carbocycles. The molecule has 0 N–H and O–H groups in total. The van der Waals surface area contributed by atoms with Crippen molar-refractivity contribution in [1.82, 2.24) is 4.90 Å². The highest BCUT2D eigenvalue weighted by atomic mass is 16.5. The maximum Gasteiger partial charge on any atom is 0.219 e. The maximum atomic E-state index is 10.9. The molecule has 0 saturated carbocycles. The molecule has 2 fully saturated rings. The van der Waals surface area contributed by atoms with Crippen molar-refractivity contribution >= 4 is 5.91 Å². The van der Waals surface area contributed by atoms with Crippen molar-refractivity contribution < 1.29 is 9.53 Å². The Labute approximate surface area is 73.7 Å². The summed E-state index contributed by atoms with van der Waals surface area (Å²) >= 11 is 0. The van der Waals surface area contributed by atoms with Crippen molar-refractivity contribution in [3.63, 3.8) is 0 Å². The largest absolute Gasteiger partial charge is 0.374 e. The van der Waals surface area contributed by atoms with Crippen molar-refractivity contribution in [3.05, 3.63) is 0 Å². The number of hydrogen-bond donors (Lipinski definition) is 0. The number of carbonyl (C=O) groups excluding carboxylic acids is 1. The quantitative estimate of drug-likeness (QED) is 0.545. The van der Waals surface area contributed by atoms with E-state index in [1.807, 2.05) is 18.7 Å². The lowest BCUT2D eigenvalue weighted by Gasteiger charge is -2.25. The number of carbonyl (C=O) groups is 1. The molecule has 3 nitrogen and oxygen atoms in total. The second-order valence-electron chi connectivity index (χ2n) is 3.02. The fourth-order valence-electron chi connectivity index (χ4n) is 1.79. The van der Waals surface area contributed by atoms with Gasteiger partial charge in [0.05, 0.1) is 18.8 Å². The molecule has 0 spiro atoms. The predicted molar refractivity (Wildman–Crippen MR) is 46.9 cm³/mol. The topological polar surface area (TPSA) is 29.5 Å². The van der Waals surface area contributed by atoms with Crippen LogP contribution in [-0.2, 0) is 9.53 Å². The van der Waals surface area contributed by atoms with Crippen LogP contribution in [0.15, 0.2) is 0 Å². The van der Waals surface area contributed by atoms with Gasteiger partial charge < -0.3 is 9.64 Å². The molecule has 2 bridgehead atoms. The highest BCUT2D eigenvalue weighted by molar-refractivity contribution is 5.74. The van der Waals surface area contributed by atoms with Gasteiger partial charge >= 0.3 is 0 Å². The Morgan fingerprint density at radius 3 is 2.42 bits per heavy atom. The molecule has 2 rings (SSSR count). The summed E-state index contributed by atoms with van der Waals surface area (Å²) in [4.78, 5) is 12.8. The Balaban J connectivity index is 0.000000336. The minimum atomic E-state index is 0.191. The van der Waals surface area contributed by atoms with Gasteiger partial charge in [-0.2, -0.15) is 0 Å². The number of morpholine rings is 1. The first kappa shape index (κ1) is 9.52. The van der Waals surface area contributed by atoms with Crippen LogP contribution in [0.1, 0.15) is 27.2 Å². The van der Waals surface area contributed by atoms with Gasteiger partial charge in [0.2, 0.25) is 5.91 Å². The van der Waals surface area contributed by atoms with Gasteiger partial charge in [0, 0.05) is 13.5 Å². The Morgan fingerprint density at radius 2 is 2.17 bits per heavy atom. The maximum absolute atomic E-state index is 10.9. The first-order valence-corrected chi connectivity index (χ1v) is 4.66. The van der Waals surface area contributed by atoms with Crippen LogP contribution < -0.4 is 0 Å². The van der Waals surface area contributed by atoms with Crippen LogP contribution in [-0.4, -0.2) is 36.1 Å². The summed E-state index contributed by atoms with van der Waals surface area (Å²) < 4.78 is 5.34. The van der Waals surface area contributed by atoms with Crippen LogP contribution >= 0.6 is 0 Å². The third kappa shape index (κ3) is 1.61. The molecular weight excluding hydrogens is 154 g/mol. The van der Waals surface area contributed by atoms with E-state index in [0.717, 1.165) is 19.6 Å². The number of amides is 1. The lowest BCUT2D eigenvalue weighted by atomic mass is 10.2. The van der Waals surface area contributed by atoms with Crippen LogP contribution in [0.4, 0.5) is 0 Å². The van der Waals surface area contributed by atoms with E-state index in [1.54, 1.807) is 6.92 Å². The summed E-state index contributed by atoms with van der Waals surface area (Å²) in [6, 6.07) is 0.391. The molecule has 0 aromatic carbocycles. The second-order valence-corrected chi connectivity index (χ2v) is 3.02. The van der Waals surface area contributed by atoms with Crippen LogP contribution in [0.25, 0.3) is 0 Å². The molecule has 2 heterocycles. The molecule has 2 aliphatic heterocycles. The summed E-state index contributed by atoms with van der Waals surface area (Å²) in [6.45, 7) is 7.20. The molecule has 12 heavy (non-hydrogen) atoms. The Kier molecular flexibility index (Phi) is 3.09. The molecule has 0 aromatic heterocycles. The van der Waals surface area contributed by atoms with Crippen molar-refractivity contribution in [1.29, 1.82) is 0 Å². The van der Waals surface area contributed by atoms with E-state index in [-0.39, 0.29) is 5.91 Å². The zero-order chi connectivity index (χ0) is 9.14. The third-order valence-corrected chi connectivity index (χ3v) is 2.30. The smallest absolute Gasteiger partial charge is 0.219 e. The molecule has 0 unspecified atom stereocenters. The summed E-state index contributed by atoms with van der Waals surface area (Å²) in [5.41, 5.74) is 0. The van der Waals surface area contributed by atoms with E-state index in [4.69, 9.17) is 4.74 Å². The van der Waals surface area contributed by atoms with Crippen LogP contribution in [0.3, 0.4) is 0 Å². The highest BCUT2D eigenvalue weighted by Gasteiger charge is 2.39. The Morgan fingerprint density at radius 1 is 1.50 bits per heavy atom. The molecule has 3 heteroatoms. The summed E-state index contributed by atoms with van der Waals surface area (Å²) in [6.07, 6.45) is 1.40. The molecule has 1 amide bonds. The number of fused-ring (bicyclic) bond motifs is 2. The van der Waals surface area contributed by atoms with E-state index in [1.165, 1.54) is 0 Å². The van der Waals surface area contributed by atoms with E-state index in [9.17, 15) is 4.79 Å². The average molecular weight is 171 g/mol. The van der Waals surface area contributed by atoms with Gasteiger partial charge in [-0.3, -0.25) is 4.79 Å². The van der Waals surface area contributed by atoms with Crippen molar-refractivity contribution in [2.24, 2.45) is 0 Å². The minimum Gasteiger partial charge on any atom is -0.374 e. The van der Waals surface area contributed by atoms with Crippen molar-refractivity contribution in [2.75, 3.05) is 13.2 Å². The zero-order valence-corrected chi connectivity index (χ0v) is 8.04. The first-order chi connectivity index (χ1) is 5.77.